The Bertz CT molecular complexity index is 943. The highest BCUT2D eigenvalue weighted by atomic mass is 16.5. The molecule has 28 heavy (non-hydrogen) atoms. The maximum atomic E-state index is 11.3. The van der Waals surface area contributed by atoms with Gasteiger partial charge in [-0.25, -0.2) is 0 Å². The Morgan fingerprint density at radius 1 is 1.04 bits per heavy atom. The number of methoxy groups -OCH3 is 1. The van der Waals surface area contributed by atoms with Crippen LogP contribution in [0.4, 0.5) is 17.6 Å². The van der Waals surface area contributed by atoms with Gasteiger partial charge in [0.15, 0.2) is 5.82 Å². The molecular weight excluding hydrogens is 358 g/mol. The summed E-state index contributed by atoms with van der Waals surface area (Å²) in [5, 5.41) is 3.10. The average Bonchev–Trinajstić information content (AvgIpc) is 2.69. The van der Waals surface area contributed by atoms with E-state index in [0.717, 1.165) is 16.8 Å². The summed E-state index contributed by atoms with van der Waals surface area (Å²) in [4.78, 5) is 23.8. The zero-order valence-corrected chi connectivity index (χ0v) is 15.7. The van der Waals surface area contributed by atoms with Crippen molar-refractivity contribution in [1.82, 2.24) is 15.0 Å². The highest BCUT2D eigenvalue weighted by molar-refractivity contribution is 5.72. The second-order valence-corrected chi connectivity index (χ2v) is 6.11. The van der Waals surface area contributed by atoms with E-state index < -0.39 is 0 Å². The van der Waals surface area contributed by atoms with Crippen LogP contribution in [0.5, 0.6) is 5.75 Å². The topological polar surface area (TPSA) is 112 Å². The zero-order valence-electron chi connectivity index (χ0n) is 15.7. The molecule has 0 aliphatic rings. The van der Waals surface area contributed by atoms with Gasteiger partial charge in [0.05, 0.1) is 13.5 Å². The van der Waals surface area contributed by atoms with Gasteiger partial charge in [-0.05, 0) is 36.8 Å². The smallest absolute Gasteiger partial charge is 0.309 e. The van der Waals surface area contributed by atoms with Crippen molar-refractivity contribution in [1.29, 1.82) is 0 Å². The maximum Gasteiger partial charge on any atom is 0.309 e. The van der Waals surface area contributed by atoms with Gasteiger partial charge in [0.1, 0.15) is 12.4 Å². The van der Waals surface area contributed by atoms with Gasteiger partial charge in [-0.2, -0.15) is 15.0 Å². The standard InChI is InChI=1S/C20H21N5O3/c1-13-3-7-15(8-4-13)22-20-24-17(23-19(21)25-20)12-28-16-9-5-14(6-10-16)11-18(26)27-2/h3-10H,11-12H2,1-2H3,(H3,21,22,23,24,25). The van der Waals surface area contributed by atoms with Crippen molar-refractivity contribution in [2.75, 3.05) is 18.2 Å². The Labute approximate surface area is 162 Å². The van der Waals surface area contributed by atoms with E-state index in [4.69, 9.17) is 10.5 Å². The Balaban J connectivity index is 1.63. The number of nitrogen functional groups attached to an aromatic ring is 1. The third-order valence-corrected chi connectivity index (χ3v) is 3.87. The summed E-state index contributed by atoms with van der Waals surface area (Å²) in [5.41, 5.74) is 8.64. The van der Waals surface area contributed by atoms with Gasteiger partial charge in [-0.3, -0.25) is 4.79 Å². The molecule has 0 aliphatic carbocycles. The summed E-state index contributed by atoms with van der Waals surface area (Å²) in [6.45, 7) is 2.15. The number of nitrogens with one attached hydrogen (secondary N) is 1. The molecular formula is C20H21N5O3. The summed E-state index contributed by atoms with van der Waals surface area (Å²) in [6.07, 6.45) is 0.217. The van der Waals surface area contributed by atoms with Crippen LogP contribution in [0.1, 0.15) is 17.0 Å². The van der Waals surface area contributed by atoms with E-state index in [1.54, 1.807) is 24.3 Å². The number of esters is 1. The van der Waals surface area contributed by atoms with Crippen molar-refractivity contribution >= 4 is 23.6 Å². The summed E-state index contributed by atoms with van der Waals surface area (Å²) in [6, 6.07) is 15.0. The van der Waals surface area contributed by atoms with Crippen molar-refractivity contribution < 1.29 is 14.3 Å². The lowest BCUT2D eigenvalue weighted by molar-refractivity contribution is -0.139. The van der Waals surface area contributed by atoms with Crippen LogP contribution in [0.3, 0.4) is 0 Å². The molecule has 2 aromatic carbocycles. The highest BCUT2D eigenvalue weighted by Crippen LogP contribution is 2.16. The van der Waals surface area contributed by atoms with E-state index in [9.17, 15) is 4.79 Å². The summed E-state index contributed by atoms with van der Waals surface area (Å²) in [5.74, 6) is 1.20. The molecule has 0 saturated heterocycles. The van der Waals surface area contributed by atoms with Gasteiger partial charge in [-0.1, -0.05) is 29.8 Å². The van der Waals surface area contributed by atoms with Crippen LogP contribution < -0.4 is 15.8 Å². The van der Waals surface area contributed by atoms with Crippen LogP contribution in [-0.4, -0.2) is 28.0 Å². The summed E-state index contributed by atoms with van der Waals surface area (Å²) < 4.78 is 10.4. The lowest BCUT2D eigenvalue weighted by atomic mass is 10.1. The number of nitrogens with zero attached hydrogens (tertiary/aromatic N) is 3. The molecule has 0 saturated carbocycles. The molecule has 3 rings (SSSR count). The molecule has 0 aliphatic heterocycles. The molecule has 0 fully saturated rings. The van der Waals surface area contributed by atoms with Crippen LogP contribution in [-0.2, 0) is 22.6 Å². The monoisotopic (exact) mass is 379 g/mol. The summed E-state index contributed by atoms with van der Waals surface area (Å²) >= 11 is 0. The molecule has 8 nitrogen and oxygen atoms in total. The second-order valence-electron chi connectivity index (χ2n) is 6.11. The van der Waals surface area contributed by atoms with Gasteiger partial charge in [0, 0.05) is 5.69 Å². The number of rotatable bonds is 7. The Morgan fingerprint density at radius 2 is 1.75 bits per heavy atom. The minimum atomic E-state index is -0.289. The molecule has 0 radical (unpaired) electrons. The fourth-order valence-electron chi connectivity index (χ4n) is 2.41. The van der Waals surface area contributed by atoms with Crippen molar-refractivity contribution in [3.05, 3.63) is 65.5 Å². The predicted octanol–water partition coefficient (Wildman–Crippen LogP) is 2.80. The molecule has 0 unspecified atom stereocenters. The molecule has 1 heterocycles. The quantitative estimate of drug-likeness (QED) is 0.603. The first-order valence-electron chi connectivity index (χ1n) is 8.64. The fourth-order valence-corrected chi connectivity index (χ4v) is 2.41. The second kappa shape index (κ2) is 8.81. The van der Waals surface area contributed by atoms with Crippen LogP contribution in [0.15, 0.2) is 48.5 Å². The molecule has 144 valence electrons. The van der Waals surface area contributed by atoms with Gasteiger partial charge >= 0.3 is 5.97 Å². The first-order chi connectivity index (χ1) is 13.5. The van der Waals surface area contributed by atoms with Crippen molar-refractivity contribution in [3.63, 3.8) is 0 Å². The number of anilines is 3. The Hall–Kier alpha value is -3.68. The fraction of sp³-hybridized carbons (Fsp3) is 0.200. The normalized spacial score (nSPS) is 10.4. The maximum absolute atomic E-state index is 11.3. The lowest BCUT2D eigenvalue weighted by Crippen LogP contribution is -2.09. The molecule has 0 bridgehead atoms. The number of aromatic nitrogens is 3. The largest absolute Gasteiger partial charge is 0.486 e. The minimum Gasteiger partial charge on any atom is -0.486 e. The van der Waals surface area contributed by atoms with Crippen molar-refractivity contribution in [3.8, 4) is 5.75 Å². The van der Waals surface area contributed by atoms with Crippen LogP contribution in [0.2, 0.25) is 0 Å². The third-order valence-electron chi connectivity index (χ3n) is 3.87. The number of ether oxygens (including phenoxy) is 2. The lowest BCUT2D eigenvalue weighted by Gasteiger charge is -2.09. The highest BCUT2D eigenvalue weighted by Gasteiger charge is 2.07. The number of carbonyl (C=O) groups excluding carboxylic acids is 1. The number of benzene rings is 2. The predicted molar refractivity (Wildman–Crippen MR) is 105 cm³/mol. The number of hydrogen-bond acceptors (Lipinski definition) is 8. The van der Waals surface area contributed by atoms with Crippen molar-refractivity contribution in [2.45, 2.75) is 20.0 Å². The number of aryl methyl sites for hydroxylation is 1. The van der Waals surface area contributed by atoms with E-state index in [1.807, 2.05) is 31.2 Å². The molecule has 0 amide bonds. The number of carbonyl (C=O) groups is 1. The van der Waals surface area contributed by atoms with E-state index in [-0.39, 0.29) is 24.9 Å². The molecule has 0 atom stereocenters. The van der Waals surface area contributed by atoms with Crippen LogP contribution >= 0.6 is 0 Å². The van der Waals surface area contributed by atoms with Gasteiger partial charge in [0.2, 0.25) is 11.9 Å². The van der Waals surface area contributed by atoms with E-state index in [2.05, 4.69) is 25.0 Å². The Kier molecular flexibility index (Phi) is 6.01. The van der Waals surface area contributed by atoms with Gasteiger partial charge in [-0.15, -0.1) is 0 Å². The summed E-state index contributed by atoms with van der Waals surface area (Å²) in [7, 11) is 1.36. The van der Waals surface area contributed by atoms with E-state index in [0.29, 0.717) is 17.5 Å². The minimum absolute atomic E-state index is 0.108. The Morgan fingerprint density at radius 3 is 2.43 bits per heavy atom. The van der Waals surface area contributed by atoms with Gasteiger partial charge in [0.25, 0.3) is 0 Å². The zero-order chi connectivity index (χ0) is 19.9. The first kappa shape index (κ1) is 19.1. The first-order valence-corrected chi connectivity index (χ1v) is 8.64. The molecule has 1 aromatic heterocycles. The van der Waals surface area contributed by atoms with Crippen LogP contribution in [0.25, 0.3) is 0 Å². The third kappa shape index (κ3) is 5.41. The number of hydrogen-bond donors (Lipinski definition) is 2. The molecule has 0 spiro atoms. The van der Waals surface area contributed by atoms with Gasteiger partial charge < -0.3 is 20.5 Å². The average molecular weight is 379 g/mol. The molecule has 3 aromatic rings. The molecule has 8 heteroatoms. The van der Waals surface area contributed by atoms with Crippen LogP contribution in [0, 0.1) is 6.92 Å². The van der Waals surface area contributed by atoms with E-state index >= 15 is 0 Å². The number of nitrogens with two attached hydrogens (primary N) is 1. The van der Waals surface area contributed by atoms with Crippen molar-refractivity contribution in [2.24, 2.45) is 0 Å². The van der Waals surface area contributed by atoms with E-state index in [1.165, 1.54) is 7.11 Å². The SMILES string of the molecule is COC(=O)Cc1ccc(OCc2nc(N)nc(Nc3ccc(C)cc3)n2)cc1. The molecule has 3 N–H and O–H groups in total.